The van der Waals surface area contributed by atoms with Gasteiger partial charge in [0, 0.05) is 52.6 Å². The van der Waals surface area contributed by atoms with Crippen LogP contribution in [-0.4, -0.2) is 150 Å². The Balaban J connectivity index is 1.69. The van der Waals surface area contributed by atoms with Crippen molar-refractivity contribution in [3.05, 3.63) is 59.8 Å². The highest BCUT2D eigenvalue weighted by Crippen LogP contribution is 2.39. The zero-order valence-electron chi connectivity index (χ0n) is 45.6. The van der Waals surface area contributed by atoms with Gasteiger partial charge >= 0.3 is 11.9 Å². The third-order valence-electron chi connectivity index (χ3n) is 16.1. The lowest BCUT2D eigenvalue weighted by atomic mass is 9.78. The van der Waals surface area contributed by atoms with Crippen LogP contribution in [-0.2, 0) is 52.4 Å². The second-order valence-electron chi connectivity index (χ2n) is 22.0. The van der Waals surface area contributed by atoms with Gasteiger partial charge in [0.05, 0.1) is 31.5 Å². The number of aliphatic hydroxyl groups excluding tert-OH is 3. The number of rotatable bonds is 10. The molecular formula is C57H89NO15. The van der Waals surface area contributed by atoms with Crippen molar-refractivity contribution in [2.24, 2.45) is 40.9 Å². The Morgan fingerprint density at radius 3 is 2.23 bits per heavy atom. The number of aliphatic hydroxyl groups is 4. The molecule has 0 spiro atoms. The molecule has 412 valence electrons. The van der Waals surface area contributed by atoms with E-state index in [9.17, 15) is 44.4 Å². The number of hydrogen-bond acceptors (Lipinski definition) is 15. The number of fused-ring (bicyclic) bond motifs is 3. The summed E-state index contributed by atoms with van der Waals surface area (Å²) in [6.07, 6.45) is 11.5. The minimum absolute atomic E-state index is 0.0149. The fourth-order valence-corrected chi connectivity index (χ4v) is 10.8. The Hall–Kier alpha value is -3.87. The lowest BCUT2D eigenvalue weighted by Crippen LogP contribution is -2.61. The Morgan fingerprint density at radius 2 is 1.59 bits per heavy atom. The van der Waals surface area contributed by atoms with Gasteiger partial charge in [-0.05, 0) is 125 Å². The number of nitrogens with zero attached hydrogens (tertiary/aromatic N) is 1. The second-order valence-corrected chi connectivity index (χ2v) is 22.0. The van der Waals surface area contributed by atoms with Gasteiger partial charge in [-0.2, -0.15) is 0 Å². The van der Waals surface area contributed by atoms with Crippen molar-refractivity contribution >= 4 is 29.4 Å². The molecule has 1 saturated carbocycles. The van der Waals surface area contributed by atoms with Gasteiger partial charge in [0.25, 0.3) is 11.7 Å². The fourth-order valence-electron chi connectivity index (χ4n) is 10.8. The molecule has 16 heteroatoms. The average Bonchev–Trinajstić information content (AvgIpc) is 3.37. The Bertz CT molecular complexity index is 2010. The third-order valence-corrected chi connectivity index (χ3v) is 16.1. The van der Waals surface area contributed by atoms with Crippen LogP contribution in [0.3, 0.4) is 0 Å². The largest absolute Gasteiger partial charge is 0.460 e. The van der Waals surface area contributed by atoms with Gasteiger partial charge in [-0.3, -0.25) is 19.2 Å². The van der Waals surface area contributed by atoms with Crippen molar-refractivity contribution in [2.75, 3.05) is 41.1 Å². The van der Waals surface area contributed by atoms with Crippen LogP contribution >= 0.6 is 0 Å². The highest BCUT2D eigenvalue weighted by Gasteiger charge is 2.53. The van der Waals surface area contributed by atoms with Crippen molar-refractivity contribution in [1.82, 2.24) is 4.90 Å². The van der Waals surface area contributed by atoms with Crippen LogP contribution in [0.15, 0.2) is 59.8 Å². The van der Waals surface area contributed by atoms with Gasteiger partial charge in [0.2, 0.25) is 5.79 Å². The SMILES string of the molecule is C=C1[C@H](C)C[C@H](C)/C=C/C=C/C=C(\C)[C@@H](OC)CC2CC[C@@H](C)[C@@](O)(O2)C(=O)C(=O)N2CCCC[C@H]2C(=O)O[C@H]([C@H](C)CC2CC[C@@H](OC(=O)C(C)(CO)CO)[C@H](OC)C2)CC(=O)[C@H](C)/C=C(\C)[C@@H](O)[C@H]1OC. The molecule has 16 nitrogen and oxygen atoms in total. The molecule has 1 aliphatic carbocycles. The first kappa shape index (κ1) is 61.7. The molecule has 1 amide bonds. The van der Waals surface area contributed by atoms with E-state index < -0.39 is 115 Å². The van der Waals surface area contributed by atoms with E-state index in [2.05, 4.69) is 19.6 Å². The van der Waals surface area contributed by atoms with Crippen LogP contribution in [0, 0.1) is 40.9 Å². The first-order valence-corrected chi connectivity index (χ1v) is 26.5. The van der Waals surface area contributed by atoms with E-state index in [0.29, 0.717) is 63.4 Å². The van der Waals surface area contributed by atoms with E-state index in [1.54, 1.807) is 34.0 Å². The summed E-state index contributed by atoms with van der Waals surface area (Å²) in [5.74, 6) is -8.17. The van der Waals surface area contributed by atoms with Crippen LogP contribution in [0.25, 0.3) is 0 Å². The molecule has 0 aromatic heterocycles. The van der Waals surface area contributed by atoms with E-state index in [4.69, 9.17) is 28.4 Å². The minimum Gasteiger partial charge on any atom is -0.460 e. The van der Waals surface area contributed by atoms with Gasteiger partial charge in [-0.1, -0.05) is 77.7 Å². The summed E-state index contributed by atoms with van der Waals surface area (Å²) in [7, 11) is 4.62. The molecule has 4 rings (SSSR count). The number of ketones is 2. The van der Waals surface area contributed by atoms with Crippen LogP contribution in [0.4, 0.5) is 0 Å². The van der Waals surface area contributed by atoms with E-state index in [0.717, 1.165) is 17.6 Å². The summed E-state index contributed by atoms with van der Waals surface area (Å²) in [6.45, 7) is 17.7. The molecule has 15 atom stereocenters. The first-order chi connectivity index (χ1) is 34.5. The highest BCUT2D eigenvalue weighted by atomic mass is 16.6. The third kappa shape index (κ3) is 16.1. The molecule has 3 fully saturated rings. The molecule has 0 aromatic rings. The van der Waals surface area contributed by atoms with E-state index >= 15 is 0 Å². The zero-order valence-corrected chi connectivity index (χ0v) is 45.6. The summed E-state index contributed by atoms with van der Waals surface area (Å²) in [4.78, 5) is 71.8. The molecule has 0 radical (unpaired) electrons. The number of Topliss-reactive ketones (excluding diaryl/α,β-unsaturated/α-hetero) is 2. The number of piperidine rings is 1. The summed E-state index contributed by atoms with van der Waals surface area (Å²) in [5.41, 5.74) is 0.644. The maximum Gasteiger partial charge on any atom is 0.329 e. The van der Waals surface area contributed by atoms with Gasteiger partial charge in [0.15, 0.2) is 0 Å². The van der Waals surface area contributed by atoms with Gasteiger partial charge < -0.3 is 53.7 Å². The van der Waals surface area contributed by atoms with Gasteiger partial charge in [-0.25, -0.2) is 4.79 Å². The summed E-state index contributed by atoms with van der Waals surface area (Å²) >= 11 is 0. The predicted molar refractivity (Wildman–Crippen MR) is 275 cm³/mol. The average molecular weight is 1030 g/mol. The zero-order chi connectivity index (χ0) is 54.4. The van der Waals surface area contributed by atoms with Crippen molar-refractivity contribution in [3.8, 4) is 0 Å². The molecule has 2 saturated heterocycles. The molecule has 0 aromatic carbocycles. The maximum atomic E-state index is 14.6. The summed E-state index contributed by atoms with van der Waals surface area (Å²) < 4.78 is 35.8. The maximum absolute atomic E-state index is 14.6. The highest BCUT2D eigenvalue weighted by molar-refractivity contribution is 6.39. The predicted octanol–water partition coefficient (Wildman–Crippen LogP) is 6.71. The number of allylic oxidation sites excluding steroid dienone is 6. The van der Waals surface area contributed by atoms with Crippen LogP contribution in [0.5, 0.6) is 0 Å². The van der Waals surface area contributed by atoms with Crippen molar-refractivity contribution in [1.29, 1.82) is 0 Å². The topological polar surface area (TPSA) is 225 Å². The number of esters is 2. The number of ether oxygens (including phenoxy) is 6. The van der Waals surface area contributed by atoms with Crippen molar-refractivity contribution < 1.29 is 72.8 Å². The molecule has 73 heavy (non-hydrogen) atoms. The lowest BCUT2D eigenvalue weighted by Gasteiger charge is -2.42. The summed E-state index contributed by atoms with van der Waals surface area (Å²) in [5, 5.41) is 43.3. The fraction of sp³-hybridized carbons (Fsp3) is 0.737. The molecule has 4 N–H and O–H groups in total. The molecule has 3 heterocycles. The number of carbonyl (C=O) groups excluding carboxylic acids is 5. The van der Waals surface area contributed by atoms with E-state index in [-0.39, 0.29) is 42.9 Å². The van der Waals surface area contributed by atoms with Crippen LogP contribution < -0.4 is 0 Å². The molecule has 2 unspecified atom stereocenters. The number of carbonyl (C=O) groups is 5. The van der Waals surface area contributed by atoms with Gasteiger partial charge in [0.1, 0.15) is 41.7 Å². The van der Waals surface area contributed by atoms with Gasteiger partial charge in [-0.15, -0.1) is 0 Å². The molecule has 4 aliphatic rings. The molecule has 3 aliphatic heterocycles. The van der Waals surface area contributed by atoms with E-state index in [1.165, 1.54) is 26.0 Å². The smallest absolute Gasteiger partial charge is 0.329 e. The molecular weight excluding hydrogens is 939 g/mol. The number of methoxy groups -OCH3 is 3. The van der Waals surface area contributed by atoms with Crippen LogP contribution in [0.1, 0.15) is 132 Å². The summed E-state index contributed by atoms with van der Waals surface area (Å²) in [6, 6.07) is -1.18. The number of amides is 1. The number of cyclic esters (lactones) is 1. The Labute approximate surface area is 434 Å². The van der Waals surface area contributed by atoms with Crippen molar-refractivity contribution in [3.63, 3.8) is 0 Å². The quantitative estimate of drug-likeness (QED) is 0.101. The number of hydrogen-bond donors (Lipinski definition) is 4. The normalized spacial score (nSPS) is 37.4. The minimum atomic E-state index is -2.45. The Kier molecular flexibility index (Phi) is 23.9. The second kappa shape index (κ2) is 28.3. The van der Waals surface area contributed by atoms with Crippen LogP contribution in [0.2, 0.25) is 0 Å². The Morgan fingerprint density at radius 1 is 0.890 bits per heavy atom. The monoisotopic (exact) mass is 1030 g/mol. The standard InChI is InChI=1S/C57H89NO15/c1-34-18-14-13-15-19-35(2)47(68-10)30-43-23-21-40(7)57(67,73-43)52(63)53(64)58-25-17-16-20-44(58)54(65)71-48(31-45(61)37(4)27-39(6)50(62)51(70-12)41(8)36(3)26-34)38(5)28-42-22-24-46(49(29-42)69-11)72-55(66)56(9,32-59)33-60/h13-15,18-19,27,34,36-38,40,42-44,46-51,59-60,62,67H,8,16-17,20-26,28-33H2,1-7,9-12H3/b15-13+,18-14+,35-19+,39-27+/t34-,36-,37-,38-,40-,42?,43?,44+,46-,47+,48+,49-,50-,51+,57-/m1/s1. The van der Waals surface area contributed by atoms with E-state index in [1.807, 2.05) is 45.1 Å². The first-order valence-electron chi connectivity index (χ1n) is 26.5. The van der Waals surface area contributed by atoms with Crippen molar-refractivity contribution in [2.45, 2.75) is 187 Å². The lowest BCUT2D eigenvalue weighted by molar-refractivity contribution is -0.265. The molecule has 2 bridgehead atoms.